The number of carboxylic acid groups (broad SMARTS) is 2. The third-order valence-electron chi connectivity index (χ3n) is 1.96. The minimum absolute atomic E-state index is 0.167. The van der Waals surface area contributed by atoms with Crippen LogP contribution in [0.2, 0.25) is 0 Å². The van der Waals surface area contributed by atoms with Crippen molar-refractivity contribution in [1.29, 1.82) is 0 Å². The van der Waals surface area contributed by atoms with E-state index in [1.54, 1.807) is 0 Å². The van der Waals surface area contributed by atoms with Crippen molar-refractivity contribution in [2.75, 3.05) is 0 Å². The molecular formula is C12H24O5. The molecule has 0 aliphatic carbocycles. The Morgan fingerprint density at radius 2 is 1.53 bits per heavy atom. The van der Waals surface area contributed by atoms with E-state index < -0.39 is 18.0 Å². The van der Waals surface area contributed by atoms with E-state index in [-0.39, 0.29) is 6.42 Å². The fourth-order valence-electron chi connectivity index (χ4n) is 1.13. The molecule has 0 amide bonds. The van der Waals surface area contributed by atoms with Crippen LogP contribution in [-0.4, -0.2) is 33.4 Å². The highest BCUT2D eigenvalue weighted by atomic mass is 16.4. The number of carboxylic acids is 2. The lowest BCUT2D eigenvalue weighted by atomic mass is 10.1. The second kappa shape index (κ2) is 13.0. The number of aliphatic hydroxyl groups excluding tert-OH is 1. The third-order valence-corrected chi connectivity index (χ3v) is 1.96. The van der Waals surface area contributed by atoms with Crippen LogP contribution >= 0.6 is 0 Å². The van der Waals surface area contributed by atoms with Gasteiger partial charge in [0.05, 0.1) is 12.5 Å². The van der Waals surface area contributed by atoms with Crippen molar-refractivity contribution in [2.45, 2.75) is 64.9 Å². The lowest BCUT2D eigenvalue weighted by Gasteiger charge is -1.95. The molecule has 5 nitrogen and oxygen atoms in total. The van der Waals surface area contributed by atoms with Crippen LogP contribution in [0.5, 0.6) is 0 Å². The molecule has 3 N–H and O–H groups in total. The van der Waals surface area contributed by atoms with Crippen LogP contribution < -0.4 is 0 Å². The smallest absolute Gasteiger partial charge is 0.305 e. The zero-order valence-corrected chi connectivity index (χ0v) is 10.7. The molecule has 0 saturated carbocycles. The SMILES string of the molecule is CC(O)CC(=O)O.CCCCCCCC(=O)O. The van der Waals surface area contributed by atoms with Gasteiger partial charge in [-0.1, -0.05) is 32.6 Å². The minimum atomic E-state index is -0.963. The molecule has 0 aliphatic heterocycles. The summed E-state index contributed by atoms with van der Waals surface area (Å²) in [5.74, 6) is -1.63. The molecule has 0 aromatic carbocycles. The second-order valence-corrected chi connectivity index (χ2v) is 4.00. The Kier molecular flexibility index (Phi) is 13.9. The van der Waals surface area contributed by atoms with Crippen molar-refractivity contribution in [1.82, 2.24) is 0 Å². The molecule has 0 heterocycles. The van der Waals surface area contributed by atoms with Gasteiger partial charge in [-0.25, -0.2) is 0 Å². The van der Waals surface area contributed by atoms with Crippen LogP contribution in [0, 0.1) is 0 Å². The summed E-state index contributed by atoms with van der Waals surface area (Å²) in [6, 6.07) is 0. The van der Waals surface area contributed by atoms with Crippen LogP contribution in [0.4, 0.5) is 0 Å². The maximum atomic E-state index is 10.0. The van der Waals surface area contributed by atoms with Gasteiger partial charge in [-0.3, -0.25) is 9.59 Å². The highest BCUT2D eigenvalue weighted by molar-refractivity contribution is 5.67. The number of hydrogen-bond acceptors (Lipinski definition) is 3. The molecule has 0 aliphatic rings. The molecule has 0 radical (unpaired) electrons. The van der Waals surface area contributed by atoms with Crippen molar-refractivity contribution in [3.63, 3.8) is 0 Å². The van der Waals surface area contributed by atoms with Gasteiger partial charge in [-0.2, -0.15) is 0 Å². The number of hydrogen-bond donors (Lipinski definition) is 3. The highest BCUT2D eigenvalue weighted by Crippen LogP contribution is 2.04. The highest BCUT2D eigenvalue weighted by Gasteiger charge is 2.00. The van der Waals surface area contributed by atoms with Gasteiger partial charge in [0.25, 0.3) is 0 Å². The molecule has 5 heteroatoms. The Labute approximate surface area is 102 Å². The molecule has 0 rings (SSSR count). The molecule has 0 spiro atoms. The summed E-state index contributed by atoms with van der Waals surface area (Å²) in [7, 11) is 0. The summed E-state index contributed by atoms with van der Waals surface area (Å²) in [6.07, 6.45) is 4.99. The number of rotatable bonds is 8. The number of aliphatic carboxylic acids is 2. The molecular weight excluding hydrogens is 224 g/mol. The van der Waals surface area contributed by atoms with Crippen molar-refractivity contribution < 1.29 is 24.9 Å². The second-order valence-electron chi connectivity index (χ2n) is 4.00. The Morgan fingerprint density at radius 3 is 1.82 bits per heavy atom. The van der Waals surface area contributed by atoms with Crippen molar-refractivity contribution >= 4 is 11.9 Å². The van der Waals surface area contributed by atoms with Crippen molar-refractivity contribution in [3.05, 3.63) is 0 Å². The average Bonchev–Trinajstić information content (AvgIpc) is 2.15. The number of aliphatic hydroxyl groups is 1. The lowest BCUT2D eigenvalue weighted by molar-refractivity contribution is -0.139. The largest absolute Gasteiger partial charge is 0.481 e. The van der Waals surface area contributed by atoms with Gasteiger partial charge in [-0.15, -0.1) is 0 Å². The van der Waals surface area contributed by atoms with Gasteiger partial charge in [0.15, 0.2) is 0 Å². The maximum Gasteiger partial charge on any atom is 0.305 e. The summed E-state index contributed by atoms with van der Waals surface area (Å²) in [6.45, 7) is 3.59. The fourth-order valence-corrected chi connectivity index (χ4v) is 1.13. The van der Waals surface area contributed by atoms with Crippen LogP contribution in [0.25, 0.3) is 0 Å². The molecule has 0 fully saturated rings. The molecule has 0 aromatic heterocycles. The van der Waals surface area contributed by atoms with E-state index in [9.17, 15) is 9.59 Å². The summed E-state index contributed by atoms with van der Waals surface area (Å²) in [5.41, 5.74) is 0. The van der Waals surface area contributed by atoms with E-state index >= 15 is 0 Å². The Morgan fingerprint density at radius 1 is 1.00 bits per heavy atom. The summed E-state index contributed by atoms with van der Waals surface area (Å²) in [4.78, 5) is 19.7. The van der Waals surface area contributed by atoms with Crippen LogP contribution in [0.1, 0.15) is 58.8 Å². The first-order valence-electron chi connectivity index (χ1n) is 6.01. The van der Waals surface area contributed by atoms with E-state index in [1.807, 2.05) is 0 Å². The summed E-state index contributed by atoms with van der Waals surface area (Å²) in [5, 5.41) is 24.5. The van der Waals surface area contributed by atoms with Crippen LogP contribution in [-0.2, 0) is 9.59 Å². The van der Waals surface area contributed by atoms with E-state index in [2.05, 4.69) is 6.92 Å². The van der Waals surface area contributed by atoms with Gasteiger partial charge >= 0.3 is 11.9 Å². The van der Waals surface area contributed by atoms with E-state index in [4.69, 9.17) is 15.3 Å². The molecule has 1 unspecified atom stereocenters. The average molecular weight is 248 g/mol. The van der Waals surface area contributed by atoms with Gasteiger partial charge in [0.2, 0.25) is 0 Å². The number of carbonyl (C=O) groups is 2. The zero-order chi connectivity index (χ0) is 13.7. The quantitative estimate of drug-likeness (QED) is 0.573. The van der Waals surface area contributed by atoms with Gasteiger partial charge < -0.3 is 15.3 Å². The van der Waals surface area contributed by atoms with Crippen LogP contribution in [0.15, 0.2) is 0 Å². The minimum Gasteiger partial charge on any atom is -0.481 e. The molecule has 0 saturated heterocycles. The predicted molar refractivity (Wildman–Crippen MR) is 64.9 cm³/mol. The van der Waals surface area contributed by atoms with Gasteiger partial charge in [-0.05, 0) is 13.3 Å². The van der Waals surface area contributed by atoms with Crippen molar-refractivity contribution in [2.24, 2.45) is 0 Å². The monoisotopic (exact) mass is 248 g/mol. The van der Waals surface area contributed by atoms with Crippen molar-refractivity contribution in [3.8, 4) is 0 Å². The standard InChI is InChI=1S/C8H16O2.C4H8O3/c1-2-3-4-5-6-7-8(9)10;1-3(5)2-4(6)7/h2-7H2,1H3,(H,9,10);3,5H,2H2,1H3,(H,6,7). The first-order chi connectivity index (χ1) is 7.90. The van der Waals surface area contributed by atoms with Gasteiger partial charge in [0.1, 0.15) is 0 Å². The molecule has 0 bridgehead atoms. The first-order valence-corrected chi connectivity index (χ1v) is 6.01. The Hall–Kier alpha value is -1.10. The zero-order valence-electron chi connectivity index (χ0n) is 10.7. The molecule has 17 heavy (non-hydrogen) atoms. The third kappa shape index (κ3) is 25.3. The lowest BCUT2D eigenvalue weighted by Crippen LogP contribution is -2.07. The molecule has 102 valence electrons. The normalized spacial score (nSPS) is 11.2. The first kappa shape index (κ1) is 18.3. The fraction of sp³-hybridized carbons (Fsp3) is 0.833. The predicted octanol–water partition coefficient (Wildman–Crippen LogP) is 2.27. The Bertz CT molecular complexity index is 201. The summed E-state index contributed by atoms with van der Waals surface area (Å²) >= 11 is 0. The van der Waals surface area contributed by atoms with E-state index in [0.717, 1.165) is 12.8 Å². The molecule has 0 aromatic rings. The summed E-state index contributed by atoms with van der Waals surface area (Å²) < 4.78 is 0. The van der Waals surface area contributed by atoms with Crippen LogP contribution in [0.3, 0.4) is 0 Å². The maximum absolute atomic E-state index is 10.0. The number of unbranched alkanes of at least 4 members (excludes halogenated alkanes) is 4. The molecule has 1 atom stereocenters. The topological polar surface area (TPSA) is 94.8 Å². The Balaban J connectivity index is 0. The van der Waals surface area contributed by atoms with E-state index in [1.165, 1.54) is 26.2 Å². The van der Waals surface area contributed by atoms with Gasteiger partial charge in [0, 0.05) is 6.42 Å². The van der Waals surface area contributed by atoms with E-state index in [0.29, 0.717) is 6.42 Å².